The third-order valence-corrected chi connectivity index (χ3v) is 4.67. The maximum atomic E-state index is 12.6. The van der Waals surface area contributed by atoms with E-state index in [0.717, 1.165) is 10.0 Å². The minimum atomic E-state index is -0.863. The van der Waals surface area contributed by atoms with Crippen LogP contribution in [0.3, 0.4) is 0 Å². The Kier molecular flexibility index (Phi) is 4.56. The predicted octanol–water partition coefficient (Wildman–Crippen LogP) is 2.79. The summed E-state index contributed by atoms with van der Waals surface area (Å²) in [5, 5.41) is 15.0. The fraction of sp³-hybridized carbons (Fsp3) is 0.467. The molecule has 1 aromatic carbocycles. The molecule has 0 saturated heterocycles. The zero-order valence-corrected chi connectivity index (χ0v) is 13.7. The van der Waals surface area contributed by atoms with Crippen molar-refractivity contribution in [2.45, 2.75) is 32.7 Å². The fourth-order valence-corrected chi connectivity index (χ4v) is 3.17. The molecule has 1 unspecified atom stereocenters. The van der Waals surface area contributed by atoms with Gasteiger partial charge in [0, 0.05) is 4.47 Å². The molecule has 1 fully saturated rings. The highest BCUT2D eigenvalue weighted by Crippen LogP contribution is 2.46. The number of carbonyl (C=O) groups is 1. The molecule has 0 heterocycles. The normalized spacial score (nSPS) is 26.8. The van der Waals surface area contributed by atoms with E-state index in [1.165, 1.54) is 0 Å². The minimum Gasteiger partial charge on any atom is -0.409 e. The van der Waals surface area contributed by atoms with E-state index < -0.39 is 5.41 Å². The van der Waals surface area contributed by atoms with Gasteiger partial charge in [-0.25, -0.2) is 0 Å². The molecule has 0 aromatic heterocycles. The number of amidine groups is 1. The zero-order valence-electron chi connectivity index (χ0n) is 12.1. The highest BCUT2D eigenvalue weighted by atomic mass is 79.9. The number of oxime groups is 1. The summed E-state index contributed by atoms with van der Waals surface area (Å²) in [5.41, 5.74) is 5.89. The van der Waals surface area contributed by atoms with Crippen LogP contribution < -0.4 is 11.1 Å². The van der Waals surface area contributed by atoms with Gasteiger partial charge in [0.15, 0.2) is 5.84 Å². The van der Waals surface area contributed by atoms with Gasteiger partial charge in [-0.05, 0) is 43.4 Å². The lowest BCUT2D eigenvalue weighted by atomic mass is 9.61. The maximum absolute atomic E-state index is 12.6. The molecule has 21 heavy (non-hydrogen) atoms. The number of hydrogen-bond donors (Lipinski definition) is 3. The van der Waals surface area contributed by atoms with E-state index in [0.29, 0.717) is 18.8 Å². The first-order chi connectivity index (χ1) is 9.89. The lowest BCUT2D eigenvalue weighted by Gasteiger charge is -2.44. The molecule has 0 radical (unpaired) electrons. The summed E-state index contributed by atoms with van der Waals surface area (Å²) in [7, 11) is 0. The molecule has 1 aliphatic carbocycles. The Morgan fingerprint density at radius 3 is 2.52 bits per heavy atom. The monoisotopic (exact) mass is 353 g/mol. The summed E-state index contributed by atoms with van der Waals surface area (Å²) < 4.78 is 0.991. The summed E-state index contributed by atoms with van der Waals surface area (Å²) >= 11 is 3.39. The third kappa shape index (κ3) is 3.05. The Bertz CT molecular complexity index is 551. The van der Waals surface area contributed by atoms with Crippen molar-refractivity contribution < 1.29 is 10.0 Å². The van der Waals surface area contributed by atoms with Crippen LogP contribution in [-0.2, 0) is 4.79 Å². The van der Waals surface area contributed by atoms with E-state index in [-0.39, 0.29) is 17.8 Å². The second kappa shape index (κ2) is 6.05. The standard InChI is InChI=1S/C15H20BrN3O2/c1-9-7-15(8-9,13(17)19-21)14(20)18-10(2)11-3-5-12(16)6-4-11/h3-6,9-10,21H,7-8H2,1-2H3,(H2,17,19)(H,18,20). The van der Waals surface area contributed by atoms with Gasteiger partial charge >= 0.3 is 0 Å². The van der Waals surface area contributed by atoms with Crippen molar-refractivity contribution in [3.8, 4) is 0 Å². The fourth-order valence-electron chi connectivity index (χ4n) is 2.91. The summed E-state index contributed by atoms with van der Waals surface area (Å²) in [4.78, 5) is 12.6. The van der Waals surface area contributed by atoms with Crippen LogP contribution in [0.15, 0.2) is 33.9 Å². The Balaban J connectivity index is 2.11. The van der Waals surface area contributed by atoms with Crippen molar-refractivity contribution >= 4 is 27.7 Å². The first-order valence-electron chi connectivity index (χ1n) is 6.93. The molecule has 5 nitrogen and oxygen atoms in total. The quantitative estimate of drug-likeness (QED) is 0.336. The van der Waals surface area contributed by atoms with Gasteiger partial charge in [-0.2, -0.15) is 0 Å². The van der Waals surface area contributed by atoms with E-state index in [4.69, 9.17) is 10.9 Å². The lowest BCUT2D eigenvalue weighted by molar-refractivity contribution is -0.133. The molecule has 0 aliphatic heterocycles. The Labute approximate surface area is 132 Å². The van der Waals surface area contributed by atoms with Gasteiger partial charge in [0.1, 0.15) is 5.41 Å². The van der Waals surface area contributed by atoms with Crippen molar-refractivity contribution in [3.63, 3.8) is 0 Å². The molecule has 1 amide bonds. The van der Waals surface area contributed by atoms with Crippen LogP contribution in [0.1, 0.15) is 38.3 Å². The average Bonchev–Trinajstić information content (AvgIpc) is 2.43. The largest absolute Gasteiger partial charge is 0.409 e. The van der Waals surface area contributed by atoms with Crippen molar-refractivity contribution in [3.05, 3.63) is 34.3 Å². The lowest BCUT2D eigenvalue weighted by Crippen LogP contribution is -2.57. The van der Waals surface area contributed by atoms with E-state index in [1.54, 1.807) is 0 Å². The number of hydrogen-bond acceptors (Lipinski definition) is 3. The minimum absolute atomic E-state index is 0.00102. The number of nitrogens with zero attached hydrogens (tertiary/aromatic N) is 1. The molecule has 0 bridgehead atoms. The number of nitrogens with two attached hydrogens (primary N) is 1. The second-order valence-corrected chi connectivity index (χ2v) is 6.74. The summed E-state index contributed by atoms with van der Waals surface area (Å²) in [6.45, 7) is 3.97. The van der Waals surface area contributed by atoms with Gasteiger partial charge in [0.25, 0.3) is 0 Å². The molecule has 1 atom stereocenters. The first kappa shape index (κ1) is 15.8. The Morgan fingerprint density at radius 2 is 2.05 bits per heavy atom. The SMILES string of the molecule is CC1CC(C(=O)NC(C)c2ccc(Br)cc2)(/C(N)=N/O)C1. The number of halogens is 1. The number of carbonyl (C=O) groups excluding carboxylic acids is 1. The van der Waals surface area contributed by atoms with Crippen molar-refractivity contribution in [2.75, 3.05) is 0 Å². The smallest absolute Gasteiger partial charge is 0.234 e. The van der Waals surface area contributed by atoms with Crippen LogP contribution >= 0.6 is 15.9 Å². The van der Waals surface area contributed by atoms with Crippen LogP contribution in [0.25, 0.3) is 0 Å². The first-order valence-corrected chi connectivity index (χ1v) is 7.73. The molecule has 1 aromatic rings. The van der Waals surface area contributed by atoms with Crippen molar-refractivity contribution in [1.82, 2.24) is 5.32 Å². The van der Waals surface area contributed by atoms with Gasteiger partial charge in [-0.15, -0.1) is 0 Å². The predicted molar refractivity (Wildman–Crippen MR) is 84.9 cm³/mol. The van der Waals surface area contributed by atoms with E-state index in [9.17, 15) is 4.79 Å². The van der Waals surface area contributed by atoms with Crippen LogP contribution in [0.5, 0.6) is 0 Å². The highest BCUT2D eigenvalue weighted by Gasteiger charge is 2.52. The highest BCUT2D eigenvalue weighted by molar-refractivity contribution is 9.10. The summed E-state index contributed by atoms with van der Waals surface area (Å²) in [5.74, 6) is 0.228. The molecule has 1 saturated carbocycles. The van der Waals surface area contributed by atoms with Gasteiger partial charge in [-0.1, -0.05) is 40.1 Å². The second-order valence-electron chi connectivity index (χ2n) is 5.83. The van der Waals surface area contributed by atoms with Gasteiger partial charge in [0.2, 0.25) is 5.91 Å². The zero-order chi connectivity index (χ0) is 15.6. The molecule has 4 N–H and O–H groups in total. The van der Waals surface area contributed by atoms with Gasteiger partial charge in [-0.3, -0.25) is 4.79 Å². The van der Waals surface area contributed by atoms with Crippen LogP contribution in [0.2, 0.25) is 0 Å². The van der Waals surface area contributed by atoms with Gasteiger partial charge < -0.3 is 16.3 Å². The topological polar surface area (TPSA) is 87.7 Å². The van der Waals surface area contributed by atoms with Crippen LogP contribution in [0, 0.1) is 11.3 Å². The number of rotatable bonds is 4. The number of amides is 1. The molecule has 2 rings (SSSR count). The van der Waals surface area contributed by atoms with E-state index in [2.05, 4.69) is 26.4 Å². The van der Waals surface area contributed by atoms with Crippen LogP contribution in [0.4, 0.5) is 0 Å². The molecule has 1 aliphatic rings. The van der Waals surface area contributed by atoms with E-state index in [1.807, 2.05) is 38.1 Å². The number of benzene rings is 1. The van der Waals surface area contributed by atoms with Crippen molar-refractivity contribution in [1.29, 1.82) is 0 Å². The third-order valence-electron chi connectivity index (χ3n) is 4.14. The average molecular weight is 354 g/mol. The molecule has 0 spiro atoms. The van der Waals surface area contributed by atoms with Gasteiger partial charge in [0.05, 0.1) is 6.04 Å². The van der Waals surface area contributed by atoms with Crippen LogP contribution in [-0.4, -0.2) is 17.0 Å². The molecular weight excluding hydrogens is 334 g/mol. The Morgan fingerprint density at radius 1 is 1.48 bits per heavy atom. The molecule has 6 heteroatoms. The summed E-state index contributed by atoms with van der Waals surface area (Å²) in [6, 6.07) is 7.64. The van der Waals surface area contributed by atoms with Crippen molar-refractivity contribution in [2.24, 2.45) is 22.2 Å². The number of nitrogens with one attached hydrogen (secondary N) is 1. The Hall–Kier alpha value is -1.56. The summed E-state index contributed by atoms with van der Waals surface area (Å²) in [6.07, 6.45) is 1.23. The van der Waals surface area contributed by atoms with E-state index >= 15 is 0 Å². The maximum Gasteiger partial charge on any atom is 0.234 e. The molecule has 114 valence electrons. The molecular formula is C15H20BrN3O2.